The summed E-state index contributed by atoms with van der Waals surface area (Å²) in [6, 6.07) is 5.30. The first-order valence-corrected chi connectivity index (χ1v) is 6.12. The van der Waals surface area contributed by atoms with Crippen LogP contribution in [0.15, 0.2) is 18.2 Å². The zero-order valence-electron chi connectivity index (χ0n) is 10.6. The number of carbonyl (C=O) groups is 1. The van der Waals surface area contributed by atoms with Crippen LogP contribution in [0.2, 0.25) is 5.02 Å². The number of amides is 1. The molecule has 0 saturated carbocycles. The Morgan fingerprint density at radius 2 is 2.00 bits per heavy atom. The molecule has 0 aromatic heterocycles. The summed E-state index contributed by atoms with van der Waals surface area (Å²) in [6.45, 7) is 0.263. The summed E-state index contributed by atoms with van der Waals surface area (Å²) in [5.41, 5.74) is 7.01. The second-order valence-electron chi connectivity index (χ2n) is 4.17. The molecule has 0 spiro atoms. The third-order valence-corrected chi connectivity index (χ3v) is 3.05. The Kier molecular flexibility index (Phi) is 4.93. The van der Waals surface area contributed by atoms with Crippen molar-refractivity contribution in [3.63, 3.8) is 0 Å². The highest BCUT2D eigenvalue weighted by atomic mass is 35.5. The first-order chi connectivity index (χ1) is 8.32. The lowest BCUT2D eigenvalue weighted by atomic mass is 10.2. The molecule has 2 N–H and O–H groups in total. The monoisotopic (exact) mass is 285 g/mol. The Labute approximate surface area is 117 Å². The van der Waals surface area contributed by atoms with Crippen molar-refractivity contribution in [2.75, 3.05) is 32.6 Å². The molecular weight excluding hydrogens is 270 g/mol. The minimum atomic E-state index is 0.00647. The molecule has 0 atom stereocenters. The van der Waals surface area contributed by atoms with Gasteiger partial charge in [-0.25, -0.2) is 0 Å². The van der Waals surface area contributed by atoms with E-state index in [1.165, 1.54) is 4.90 Å². The molecule has 0 saturated heterocycles. The van der Waals surface area contributed by atoms with E-state index in [2.05, 4.69) is 0 Å². The molecule has 0 fully saturated rings. The number of halogens is 1. The number of nitrogens with two attached hydrogens (primary N) is 1. The Balaban J connectivity index is 2.90. The van der Waals surface area contributed by atoms with Crippen molar-refractivity contribution in [3.05, 3.63) is 28.8 Å². The standard InChI is InChI=1S/C12H16ClN3OS/c1-15(2)11(17)7-16(3)10-5-4-8(12(14)18)6-9(10)13/h4-6H,7H2,1-3H3,(H2,14,18). The van der Waals surface area contributed by atoms with Crippen molar-refractivity contribution < 1.29 is 4.79 Å². The summed E-state index contributed by atoms with van der Waals surface area (Å²) in [6.07, 6.45) is 0. The van der Waals surface area contributed by atoms with Crippen molar-refractivity contribution in [1.82, 2.24) is 4.90 Å². The van der Waals surface area contributed by atoms with Crippen LogP contribution >= 0.6 is 23.8 Å². The van der Waals surface area contributed by atoms with Gasteiger partial charge in [0, 0.05) is 26.7 Å². The molecule has 1 amide bonds. The fourth-order valence-electron chi connectivity index (χ4n) is 1.40. The van der Waals surface area contributed by atoms with Crippen LogP contribution in [-0.4, -0.2) is 43.5 Å². The zero-order chi connectivity index (χ0) is 13.9. The van der Waals surface area contributed by atoms with Crippen molar-refractivity contribution in [1.29, 1.82) is 0 Å². The molecule has 0 aliphatic carbocycles. The van der Waals surface area contributed by atoms with Crippen LogP contribution in [0.1, 0.15) is 5.56 Å². The number of nitrogens with zero attached hydrogens (tertiary/aromatic N) is 2. The zero-order valence-corrected chi connectivity index (χ0v) is 12.2. The van der Waals surface area contributed by atoms with Crippen molar-refractivity contribution in [2.24, 2.45) is 5.73 Å². The van der Waals surface area contributed by atoms with Gasteiger partial charge >= 0.3 is 0 Å². The second kappa shape index (κ2) is 6.02. The van der Waals surface area contributed by atoms with Gasteiger partial charge in [-0.2, -0.15) is 0 Å². The summed E-state index contributed by atoms with van der Waals surface area (Å²) in [5, 5.41) is 0.523. The smallest absolute Gasteiger partial charge is 0.241 e. The Morgan fingerprint density at radius 3 is 2.44 bits per heavy atom. The van der Waals surface area contributed by atoms with Gasteiger partial charge in [0.15, 0.2) is 0 Å². The maximum absolute atomic E-state index is 11.6. The third kappa shape index (κ3) is 3.58. The molecule has 0 aliphatic rings. The fraction of sp³-hybridized carbons (Fsp3) is 0.333. The van der Waals surface area contributed by atoms with E-state index in [0.29, 0.717) is 15.6 Å². The molecular formula is C12H16ClN3OS. The van der Waals surface area contributed by atoms with E-state index < -0.39 is 0 Å². The Hall–Kier alpha value is -1.33. The minimum Gasteiger partial charge on any atom is -0.389 e. The topological polar surface area (TPSA) is 49.6 Å². The molecule has 0 heterocycles. The van der Waals surface area contributed by atoms with E-state index in [9.17, 15) is 4.79 Å². The Morgan fingerprint density at radius 1 is 1.39 bits per heavy atom. The molecule has 1 aromatic carbocycles. The first-order valence-electron chi connectivity index (χ1n) is 5.33. The largest absolute Gasteiger partial charge is 0.389 e. The summed E-state index contributed by atoms with van der Waals surface area (Å²) in [5.74, 6) is 0.00647. The SMILES string of the molecule is CN(C)C(=O)CN(C)c1ccc(C(N)=S)cc1Cl. The van der Waals surface area contributed by atoms with Gasteiger partial charge in [-0.05, 0) is 18.2 Å². The molecule has 0 bridgehead atoms. The average molecular weight is 286 g/mol. The van der Waals surface area contributed by atoms with Gasteiger partial charge in [0.2, 0.25) is 5.91 Å². The molecule has 0 unspecified atom stereocenters. The summed E-state index contributed by atoms with van der Waals surface area (Å²) >= 11 is 11.0. The third-order valence-electron chi connectivity index (χ3n) is 2.51. The second-order valence-corrected chi connectivity index (χ2v) is 5.02. The van der Waals surface area contributed by atoms with E-state index in [4.69, 9.17) is 29.6 Å². The van der Waals surface area contributed by atoms with Crippen LogP contribution in [-0.2, 0) is 4.79 Å². The Bertz CT molecular complexity index is 476. The van der Waals surface area contributed by atoms with Gasteiger partial charge in [-0.3, -0.25) is 4.79 Å². The lowest BCUT2D eigenvalue weighted by Crippen LogP contribution is -2.34. The molecule has 4 nitrogen and oxygen atoms in total. The number of hydrogen-bond donors (Lipinski definition) is 1. The predicted molar refractivity (Wildman–Crippen MR) is 79.3 cm³/mol. The van der Waals surface area contributed by atoms with Crippen LogP contribution in [0.4, 0.5) is 5.69 Å². The van der Waals surface area contributed by atoms with E-state index in [1.54, 1.807) is 37.2 Å². The number of benzene rings is 1. The van der Waals surface area contributed by atoms with Gasteiger partial charge in [0.1, 0.15) is 4.99 Å². The minimum absolute atomic E-state index is 0.00647. The molecule has 0 radical (unpaired) electrons. The number of anilines is 1. The van der Waals surface area contributed by atoms with E-state index in [1.807, 2.05) is 7.05 Å². The summed E-state index contributed by atoms with van der Waals surface area (Å²) in [4.78, 5) is 15.2. The van der Waals surface area contributed by atoms with E-state index >= 15 is 0 Å². The van der Waals surface area contributed by atoms with E-state index in [-0.39, 0.29) is 12.5 Å². The van der Waals surface area contributed by atoms with Crippen molar-refractivity contribution in [2.45, 2.75) is 0 Å². The average Bonchev–Trinajstić information content (AvgIpc) is 2.28. The highest BCUT2D eigenvalue weighted by molar-refractivity contribution is 7.80. The fourth-order valence-corrected chi connectivity index (χ4v) is 1.85. The van der Waals surface area contributed by atoms with Gasteiger partial charge in [-0.1, -0.05) is 23.8 Å². The molecule has 6 heteroatoms. The summed E-state index contributed by atoms with van der Waals surface area (Å²) < 4.78 is 0. The van der Waals surface area contributed by atoms with Crippen LogP contribution in [0.3, 0.4) is 0 Å². The van der Waals surface area contributed by atoms with Crippen LogP contribution in [0.25, 0.3) is 0 Å². The van der Waals surface area contributed by atoms with Gasteiger partial charge in [0.25, 0.3) is 0 Å². The summed E-state index contributed by atoms with van der Waals surface area (Å²) in [7, 11) is 5.24. The van der Waals surface area contributed by atoms with Gasteiger partial charge in [0.05, 0.1) is 17.3 Å². The number of thiocarbonyl (C=S) groups is 1. The van der Waals surface area contributed by atoms with E-state index in [0.717, 1.165) is 5.69 Å². The molecule has 1 aromatic rings. The lowest BCUT2D eigenvalue weighted by Gasteiger charge is -2.22. The lowest BCUT2D eigenvalue weighted by molar-refractivity contribution is -0.127. The molecule has 0 aliphatic heterocycles. The molecule has 98 valence electrons. The van der Waals surface area contributed by atoms with Crippen LogP contribution < -0.4 is 10.6 Å². The highest BCUT2D eigenvalue weighted by Crippen LogP contribution is 2.26. The van der Waals surface area contributed by atoms with Gasteiger partial charge in [-0.15, -0.1) is 0 Å². The maximum Gasteiger partial charge on any atom is 0.241 e. The number of hydrogen-bond acceptors (Lipinski definition) is 3. The highest BCUT2D eigenvalue weighted by Gasteiger charge is 2.12. The number of carbonyl (C=O) groups excluding carboxylic acids is 1. The molecule has 18 heavy (non-hydrogen) atoms. The van der Waals surface area contributed by atoms with Crippen molar-refractivity contribution >= 4 is 40.4 Å². The predicted octanol–water partition coefficient (Wildman–Crippen LogP) is 1.50. The first kappa shape index (κ1) is 14.7. The van der Waals surface area contributed by atoms with Crippen molar-refractivity contribution in [3.8, 4) is 0 Å². The normalized spacial score (nSPS) is 10.0. The van der Waals surface area contributed by atoms with Crippen LogP contribution in [0, 0.1) is 0 Å². The molecule has 1 rings (SSSR count). The number of likely N-dealkylation sites (N-methyl/N-ethyl adjacent to an activating group) is 2. The van der Waals surface area contributed by atoms with Crippen LogP contribution in [0.5, 0.6) is 0 Å². The quantitative estimate of drug-likeness (QED) is 0.852. The maximum atomic E-state index is 11.6. The number of rotatable bonds is 4. The van der Waals surface area contributed by atoms with Gasteiger partial charge < -0.3 is 15.5 Å².